The van der Waals surface area contributed by atoms with Crippen molar-refractivity contribution in [1.29, 1.82) is 0 Å². The Labute approximate surface area is 144 Å². The molecular weight excluding hydrogens is 302 g/mol. The van der Waals surface area contributed by atoms with Gasteiger partial charge >= 0.3 is 0 Å². The number of carbonyl (C=O) groups is 1. The number of amides is 1. The summed E-state index contributed by atoms with van der Waals surface area (Å²) in [4.78, 5) is 16.3. The van der Waals surface area contributed by atoms with Gasteiger partial charge in [-0.3, -0.25) is 4.79 Å². The number of primary amides is 1. The highest BCUT2D eigenvalue weighted by molar-refractivity contribution is 5.85. The molecule has 132 valence electrons. The number of aliphatic hydroxyl groups excluding tert-OH is 1. The first-order chi connectivity index (χ1) is 11.5. The van der Waals surface area contributed by atoms with Crippen LogP contribution in [0.5, 0.6) is 0 Å². The van der Waals surface area contributed by atoms with Gasteiger partial charge in [-0.1, -0.05) is 25.1 Å². The van der Waals surface area contributed by atoms with Crippen LogP contribution in [0.1, 0.15) is 37.7 Å². The van der Waals surface area contributed by atoms with Crippen LogP contribution in [0, 0.1) is 5.92 Å². The van der Waals surface area contributed by atoms with E-state index in [1.165, 1.54) is 12.8 Å². The molecule has 0 bridgehead atoms. The highest BCUT2D eigenvalue weighted by atomic mass is 16.3. The Morgan fingerprint density at radius 2 is 1.92 bits per heavy atom. The number of aliphatic hydroxyl groups is 1. The molecule has 2 aliphatic heterocycles. The smallest absolute Gasteiger partial charge is 0.225 e. The Morgan fingerprint density at radius 3 is 2.62 bits per heavy atom. The number of piperidine rings is 1. The summed E-state index contributed by atoms with van der Waals surface area (Å²) in [6, 6.07) is 7.94. The third kappa shape index (κ3) is 3.90. The van der Waals surface area contributed by atoms with Gasteiger partial charge in [0.05, 0.1) is 12.0 Å². The maximum absolute atomic E-state index is 11.7. The largest absolute Gasteiger partial charge is 0.390 e. The van der Waals surface area contributed by atoms with E-state index in [1.807, 2.05) is 24.3 Å². The summed E-state index contributed by atoms with van der Waals surface area (Å²) in [5.41, 5.74) is 7.59. The van der Waals surface area contributed by atoms with Gasteiger partial charge in [0.25, 0.3) is 0 Å². The van der Waals surface area contributed by atoms with E-state index in [-0.39, 0.29) is 17.9 Å². The topological polar surface area (TPSA) is 69.8 Å². The van der Waals surface area contributed by atoms with Gasteiger partial charge in [-0.15, -0.1) is 0 Å². The third-order valence-electron chi connectivity index (χ3n) is 5.46. The monoisotopic (exact) mass is 331 g/mol. The first kappa shape index (κ1) is 17.2. The molecule has 1 saturated heterocycles. The Hall–Kier alpha value is -1.59. The molecule has 0 aliphatic carbocycles. The lowest BCUT2D eigenvalue weighted by atomic mass is 9.89. The molecule has 0 spiro atoms. The lowest BCUT2D eigenvalue weighted by molar-refractivity contribution is -0.119. The van der Waals surface area contributed by atoms with Crippen LogP contribution in [0.2, 0.25) is 0 Å². The van der Waals surface area contributed by atoms with Gasteiger partial charge < -0.3 is 20.6 Å². The van der Waals surface area contributed by atoms with Crippen LogP contribution in [0.3, 0.4) is 0 Å². The number of β-amino-alcohol motifs (C(OH)–C–C–N with tert-alkyl or cyclic N) is 1. The highest BCUT2D eigenvalue weighted by Gasteiger charge is 2.29. The molecule has 1 aromatic rings. The fourth-order valence-electron chi connectivity index (χ4n) is 3.97. The molecule has 1 amide bonds. The van der Waals surface area contributed by atoms with Crippen LogP contribution >= 0.6 is 0 Å². The minimum Gasteiger partial charge on any atom is -0.390 e. The Kier molecular flexibility index (Phi) is 5.41. The number of nitrogens with two attached hydrogens (primary N) is 1. The van der Waals surface area contributed by atoms with Gasteiger partial charge in [0.1, 0.15) is 0 Å². The van der Waals surface area contributed by atoms with Crippen LogP contribution < -0.4 is 10.6 Å². The summed E-state index contributed by atoms with van der Waals surface area (Å²) in [5, 5.41) is 10.5. The molecule has 2 unspecified atom stereocenters. The maximum atomic E-state index is 11.7. The molecule has 3 N–H and O–H groups in total. The number of benzene rings is 1. The second-order valence-corrected chi connectivity index (χ2v) is 7.39. The molecule has 5 nitrogen and oxygen atoms in total. The summed E-state index contributed by atoms with van der Waals surface area (Å²) in [5.74, 6) is 0.335. The predicted octanol–water partition coefficient (Wildman–Crippen LogP) is 1.56. The minimum absolute atomic E-state index is 0.210. The first-order valence-corrected chi connectivity index (χ1v) is 9.08. The molecule has 5 heteroatoms. The van der Waals surface area contributed by atoms with Gasteiger partial charge in [-0.25, -0.2) is 0 Å². The SMILES string of the molecule is CC1CCN(CC(O)CN2CCC(C(N)=O)c3ccccc32)CC1. The first-order valence-electron chi connectivity index (χ1n) is 9.08. The van der Waals surface area contributed by atoms with Crippen molar-refractivity contribution < 1.29 is 9.90 Å². The molecule has 0 aromatic heterocycles. The standard InChI is InChI=1S/C19H29N3O2/c1-14-6-9-21(10-7-14)12-15(23)13-22-11-8-17(19(20)24)16-4-2-3-5-18(16)22/h2-5,14-15,17,23H,6-13H2,1H3,(H2,20,24). The van der Waals surface area contributed by atoms with Crippen molar-refractivity contribution in [2.45, 2.75) is 38.2 Å². The summed E-state index contributed by atoms with van der Waals surface area (Å²) < 4.78 is 0. The number of nitrogens with zero attached hydrogens (tertiary/aromatic N) is 2. The van der Waals surface area contributed by atoms with Crippen LogP contribution in [-0.2, 0) is 4.79 Å². The van der Waals surface area contributed by atoms with E-state index in [4.69, 9.17) is 5.73 Å². The predicted molar refractivity (Wildman–Crippen MR) is 96.1 cm³/mol. The van der Waals surface area contributed by atoms with Gasteiger partial charge in [-0.05, 0) is 49.9 Å². The summed E-state index contributed by atoms with van der Waals surface area (Å²) in [6.45, 7) is 6.56. The van der Waals surface area contributed by atoms with Gasteiger partial charge in [0, 0.05) is 25.3 Å². The number of fused-ring (bicyclic) bond motifs is 1. The van der Waals surface area contributed by atoms with E-state index < -0.39 is 0 Å². The molecule has 0 radical (unpaired) electrons. The quantitative estimate of drug-likeness (QED) is 0.859. The van der Waals surface area contributed by atoms with Gasteiger partial charge in [0.2, 0.25) is 5.91 Å². The van der Waals surface area contributed by atoms with Crippen molar-refractivity contribution in [1.82, 2.24) is 4.90 Å². The zero-order valence-corrected chi connectivity index (χ0v) is 14.5. The number of likely N-dealkylation sites (tertiary alicyclic amines) is 1. The molecular formula is C19H29N3O2. The van der Waals surface area contributed by atoms with E-state index in [0.29, 0.717) is 6.54 Å². The molecule has 2 heterocycles. The van der Waals surface area contributed by atoms with Gasteiger partial charge in [0.15, 0.2) is 0 Å². The molecule has 24 heavy (non-hydrogen) atoms. The number of para-hydroxylation sites is 1. The molecule has 1 aromatic carbocycles. The highest BCUT2D eigenvalue weighted by Crippen LogP contribution is 2.35. The summed E-state index contributed by atoms with van der Waals surface area (Å²) in [6.07, 6.45) is 2.79. The Balaban J connectivity index is 1.62. The van der Waals surface area contributed by atoms with E-state index in [9.17, 15) is 9.90 Å². The van der Waals surface area contributed by atoms with Crippen molar-refractivity contribution in [2.24, 2.45) is 11.7 Å². The van der Waals surface area contributed by atoms with Crippen LogP contribution in [-0.4, -0.2) is 54.7 Å². The second-order valence-electron chi connectivity index (χ2n) is 7.39. The summed E-state index contributed by atoms with van der Waals surface area (Å²) >= 11 is 0. The number of hydrogen-bond acceptors (Lipinski definition) is 4. The third-order valence-corrected chi connectivity index (χ3v) is 5.46. The Bertz CT molecular complexity index is 569. The molecule has 1 fully saturated rings. The lowest BCUT2D eigenvalue weighted by Gasteiger charge is -2.37. The maximum Gasteiger partial charge on any atom is 0.225 e. The minimum atomic E-state index is -0.378. The molecule has 2 atom stereocenters. The number of hydrogen-bond donors (Lipinski definition) is 2. The summed E-state index contributed by atoms with van der Waals surface area (Å²) in [7, 11) is 0. The number of carbonyl (C=O) groups excluding carboxylic acids is 1. The van der Waals surface area contributed by atoms with E-state index in [1.54, 1.807) is 0 Å². The normalized spacial score (nSPS) is 23.8. The van der Waals surface area contributed by atoms with Gasteiger partial charge in [-0.2, -0.15) is 0 Å². The molecule has 2 aliphatic rings. The van der Waals surface area contributed by atoms with Crippen LogP contribution in [0.15, 0.2) is 24.3 Å². The second kappa shape index (κ2) is 7.53. The van der Waals surface area contributed by atoms with Crippen molar-refractivity contribution in [3.63, 3.8) is 0 Å². The van der Waals surface area contributed by atoms with E-state index in [2.05, 4.69) is 16.7 Å². The van der Waals surface area contributed by atoms with Crippen molar-refractivity contribution in [2.75, 3.05) is 37.6 Å². The molecule has 3 rings (SSSR count). The van der Waals surface area contributed by atoms with Crippen LogP contribution in [0.25, 0.3) is 0 Å². The van der Waals surface area contributed by atoms with Crippen LogP contribution in [0.4, 0.5) is 5.69 Å². The van der Waals surface area contributed by atoms with Crippen molar-refractivity contribution in [3.8, 4) is 0 Å². The van der Waals surface area contributed by atoms with E-state index in [0.717, 1.165) is 49.8 Å². The molecule has 0 saturated carbocycles. The Morgan fingerprint density at radius 1 is 1.21 bits per heavy atom. The lowest BCUT2D eigenvalue weighted by Crippen LogP contribution is -2.45. The average molecular weight is 331 g/mol. The number of anilines is 1. The average Bonchev–Trinajstić information content (AvgIpc) is 2.57. The van der Waals surface area contributed by atoms with Crippen molar-refractivity contribution in [3.05, 3.63) is 29.8 Å². The fraction of sp³-hybridized carbons (Fsp3) is 0.632. The number of rotatable bonds is 5. The fourth-order valence-corrected chi connectivity index (χ4v) is 3.97. The van der Waals surface area contributed by atoms with E-state index >= 15 is 0 Å². The zero-order valence-electron chi connectivity index (χ0n) is 14.5. The van der Waals surface area contributed by atoms with Crippen molar-refractivity contribution >= 4 is 11.6 Å². The zero-order chi connectivity index (χ0) is 17.1.